The Morgan fingerprint density at radius 2 is 0.398 bits per heavy atom. The predicted molar refractivity (Wildman–Crippen MR) is 363 cm³/mol. The Hall–Kier alpha value is -1.85. The summed E-state index contributed by atoms with van der Waals surface area (Å²) in [5, 5.41) is 0. The molecule has 0 radical (unpaired) electrons. The highest BCUT2D eigenvalue weighted by Gasteiger charge is 2.20. The Morgan fingerprint density at radius 1 is 0.229 bits per heavy atom. The highest BCUT2D eigenvalue weighted by molar-refractivity contribution is 5.71. The zero-order valence-electron chi connectivity index (χ0n) is 56.8. The maximum atomic E-state index is 13.0. The van der Waals surface area contributed by atoms with Crippen LogP contribution in [0.25, 0.3) is 0 Å². The van der Waals surface area contributed by atoms with Crippen LogP contribution in [0.15, 0.2) is 12.2 Å². The predicted octanol–water partition coefficient (Wildman–Crippen LogP) is 26.3. The molecule has 0 N–H and O–H groups in total. The summed E-state index contributed by atoms with van der Waals surface area (Å²) in [5.74, 6) is -0.819. The van der Waals surface area contributed by atoms with E-state index in [0.29, 0.717) is 19.3 Å². The smallest absolute Gasteiger partial charge is 0.306 e. The van der Waals surface area contributed by atoms with Crippen molar-refractivity contribution in [2.24, 2.45) is 0 Å². The molecule has 0 aromatic carbocycles. The average molecular weight is 1170 g/mol. The van der Waals surface area contributed by atoms with Gasteiger partial charge in [-0.25, -0.2) is 0 Å². The molecule has 1 unspecified atom stereocenters. The van der Waals surface area contributed by atoms with Gasteiger partial charge in [0.15, 0.2) is 6.10 Å². The Kier molecular flexibility index (Phi) is 71.0. The molecule has 0 spiro atoms. The third kappa shape index (κ3) is 70.8. The molecule has 0 bridgehead atoms. The van der Waals surface area contributed by atoms with E-state index >= 15 is 0 Å². The number of hydrogen-bond donors (Lipinski definition) is 0. The zero-order valence-corrected chi connectivity index (χ0v) is 56.8. The van der Waals surface area contributed by atoms with Crippen molar-refractivity contribution in [2.75, 3.05) is 13.2 Å². The van der Waals surface area contributed by atoms with Crippen molar-refractivity contribution in [3.63, 3.8) is 0 Å². The minimum absolute atomic E-state index is 0.0616. The van der Waals surface area contributed by atoms with Crippen LogP contribution < -0.4 is 0 Å². The van der Waals surface area contributed by atoms with E-state index in [9.17, 15) is 14.4 Å². The number of hydrogen-bond acceptors (Lipinski definition) is 6. The number of unbranched alkanes of at least 4 members (excludes halogenated alkanes) is 59. The first kappa shape index (κ1) is 81.2. The van der Waals surface area contributed by atoms with Gasteiger partial charge in [0.05, 0.1) is 0 Å². The lowest BCUT2D eigenvalue weighted by molar-refractivity contribution is -0.167. The van der Waals surface area contributed by atoms with Gasteiger partial charge in [-0.1, -0.05) is 392 Å². The summed E-state index contributed by atoms with van der Waals surface area (Å²) in [5.41, 5.74) is 0. The summed E-state index contributed by atoms with van der Waals surface area (Å²) in [6.45, 7) is 6.75. The number of allylic oxidation sites excluding steroid dienone is 2. The van der Waals surface area contributed by atoms with Crippen molar-refractivity contribution in [1.29, 1.82) is 0 Å². The van der Waals surface area contributed by atoms with Gasteiger partial charge in [-0.3, -0.25) is 14.4 Å². The van der Waals surface area contributed by atoms with Crippen molar-refractivity contribution in [2.45, 2.75) is 451 Å². The van der Waals surface area contributed by atoms with Crippen LogP contribution in [0, 0.1) is 0 Å². The normalized spacial score (nSPS) is 12.0. The summed E-state index contributed by atoms with van der Waals surface area (Å²) in [6, 6.07) is 0. The molecule has 0 aromatic rings. The number of ether oxygens (including phenoxy) is 3. The van der Waals surface area contributed by atoms with Crippen LogP contribution in [0.3, 0.4) is 0 Å². The van der Waals surface area contributed by atoms with Crippen LogP contribution in [0.4, 0.5) is 0 Å². The van der Waals surface area contributed by atoms with Crippen molar-refractivity contribution >= 4 is 17.9 Å². The first-order valence-corrected chi connectivity index (χ1v) is 38.2. The van der Waals surface area contributed by atoms with Gasteiger partial charge in [0.1, 0.15) is 13.2 Å². The van der Waals surface area contributed by atoms with Gasteiger partial charge in [0.2, 0.25) is 0 Å². The topological polar surface area (TPSA) is 78.9 Å². The molecule has 0 amide bonds. The summed E-state index contributed by atoms with van der Waals surface area (Å²) in [7, 11) is 0. The average Bonchev–Trinajstić information content (AvgIpc) is 3.49. The Labute approximate surface area is 520 Å². The molecule has 0 saturated heterocycles. The van der Waals surface area contributed by atoms with Crippen molar-refractivity contribution in [3.05, 3.63) is 12.2 Å². The van der Waals surface area contributed by atoms with E-state index in [0.717, 1.165) is 57.8 Å². The van der Waals surface area contributed by atoms with Crippen LogP contribution in [0.2, 0.25) is 0 Å². The van der Waals surface area contributed by atoms with Crippen molar-refractivity contribution < 1.29 is 28.6 Å². The minimum Gasteiger partial charge on any atom is -0.462 e. The lowest BCUT2D eigenvalue weighted by Gasteiger charge is -2.18. The molecule has 0 aromatic heterocycles. The summed E-state index contributed by atoms with van der Waals surface area (Å²) in [6.07, 6.45) is 88.3. The lowest BCUT2D eigenvalue weighted by Crippen LogP contribution is -2.30. The Balaban J connectivity index is 4.23. The van der Waals surface area contributed by atoms with E-state index in [2.05, 4.69) is 32.9 Å². The lowest BCUT2D eigenvalue weighted by atomic mass is 10.0. The second-order valence-corrected chi connectivity index (χ2v) is 26.3. The molecule has 492 valence electrons. The number of carbonyl (C=O) groups excluding carboxylic acids is 3. The molecule has 0 aliphatic rings. The first-order valence-electron chi connectivity index (χ1n) is 38.2. The number of rotatable bonds is 72. The van der Waals surface area contributed by atoms with E-state index in [1.165, 1.54) is 347 Å². The van der Waals surface area contributed by atoms with Gasteiger partial charge in [0, 0.05) is 19.3 Å². The molecule has 0 fully saturated rings. The molecule has 0 aliphatic heterocycles. The molecule has 0 rings (SSSR count). The standard InChI is InChI=1S/C77H148O6/c1-4-7-10-13-16-19-22-25-28-31-33-35-36-37-38-39-40-42-43-46-49-52-55-58-61-64-67-70-76(79)82-73-74(72-81-75(78)69-66-63-60-57-54-51-48-45-30-27-24-21-18-15-12-9-6-3)83-77(80)71-68-65-62-59-56-53-50-47-44-41-34-32-29-26-23-20-17-14-11-8-5-2/h31,33,74H,4-30,32,34-73H2,1-3H3/b33-31-. The second kappa shape index (κ2) is 72.6. The fourth-order valence-electron chi connectivity index (χ4n) is 12.0. The molecular formula is C77H148O6. The van der Waals surface area contributed by atoms with E-state index in [1.807, 2.05) is 0 Å². The van der Waals surface area contributed by atoms with Crippen molar-refractivity contribution in [3.8, 4) is 0 Å². The third-order valence-corrected chi connectivity index (χ3v) is 17.8. The molecule has 0 aliphatic carbocycles. The third-order valence-electron chi connectivity index (χ3n) is 17.8. The summed E-state index contributed by atoms with van der Waals surface area (Å²) < 4.78 is 17.1. The van der Waals surface area contributed by atoms with Gasteiger partial charge in [-0.05, 0) is 44.9 Å². The van der Waals surface area contributed by atoms with E-state index in [-0.39, 0.29) is 31.1 Å². The Morgan fingerprint density at radius 3 is 0.602 bits per heavy atom. The summed E-state index contributed by atoms with van der Waals surface area (Å²) >= 11 is 0. The Bertz CT molecular complexity index is 1300. The van der Waals surface area contributed by atoms with Gasteiger partial charge in [-0.15, -0.1) is 0 Å². The van der Waals surface area contributed by atoms with E-state index < -0.39 is 6.10 Å². The minimum atomic E-state index is -0.766. The fraction of sp³-hybridized carbons (Fsp3) is 0.935. The highest BCUT2D eigenvalue weighted by atomic mass is 16.6. The van der Waals surface area contributed by atoms with Gasteiger partial charge < -0.3 is 14.2 Å². The molecule has 1 atom stereocenters. The molecular weight excluding hydrogens is 1020 g/mol. The molecule has 0 saturated carbocycles. The molecule has 6 nitrogen and oxygen atoms in total. The van der Waals surface area contributed by atoms with Gasteiger partial charge in [0.25, 0.3) is 0 Å². The quantitative estimate of drug-likeness (QED) is 0.0261. The number of carbonyl (C=O) groups is 3. The van der Waals surface area contributed by atoms with Gasteiger partial charge >= 0.3 is 17.9 Å². The van der Waals surface area contributed by atoms with Crippen LogP contribution in [0.5, 0.6) is 0 Å². The molecule has 0 heterocycles. The zero-order chi connectivity index (χ0) is 59.9. The van der Waals surface area contributed by atoms with Crippen LogP contribution in [0.1, 0.15) is 445 Å². The highest BCUT2D eigenvalue weighted by Crippen LogP contribution is 2.20. The maximum Gasteiger partial charge on any atom is 0.306 e. The molecule has 6 heteroatoms. The fourth-order valence-corrected chi connectivity index (χ4v) is 12.0. The van der Waals surface area contributed by atoms with E-state index in [4.69, 9.17) is 14.2 Å². The van der Waals surface area contributed by atoms with Crippen LogP contribution in [-0.4, -0.2) is 37.2 Å². The van der Waals surface area contributed by atoms with Crippen LogP contribution >= 0.6 is 0 Å². The van der Waals surface area contributed by atoms with Gasteiger partial charge in [-0.2, -0.15) is 0 Å². The summed E-state index contributed by atoms with van der Waals surface area (Å²) in [4.78, 5) is 38.6. The van der Waals surface area contributed by atoms with Crippen LogP contribution in [-0.2, 0) is 28.6 Å². The number of esters is 3. The molecule has 83 heavy (non-hydrogen) atoms. The SMILES string of the molecule is CCCCCCCCCC/C=C\CCCCCCCCCCCCCCCCCC(=O)OCC(COC(=O)CCCCCCCCCCCCCCCCCCC)OC(=O)CCCCCCCCCCCCCCCCCCCCCCC. The van der Waals surface area contributed by atoms with Crippen molar-refractivity contribution in [1.82, 2.24) is 0 Å². The largest absolute Gasteiger partial charge is 0.462 e. The van der Waals surface area contributed by atoms with E-state index in [1.54, 1.807) is 0 Å². The first-order chi connectivity index (χ1) is 41.0. The maximum absolute atomic E-state index is 13.0. The monoisotopic (exact) mass is 1170 g/mol. The second-order valence-electron chi connectivity index (χ2n) is 26.3.